The second-order valence-corrected chi connectivity index (χ2v) is 5.04. The van der Waals surface area contributed by atoms with Crippen molar-refractivity contribution >= 4 is 34.5 Å². The maximum atomic E-state index is 11.9. The van der Waals surface area contributed by atoms with E-state index >= 15 is 0 Å². The second kappa shape index (κ2) is 5.82. The number of hydrogen-bond donors (Lipinski definition) is 1. The molecule has 0 bridgehead atoms. The molecule has 2 aromatic carbocycles. The zero-order valence-corrected chi connectivity index (χ0v) is 11.7. The standard InChI is InChI=1S/C15H11IO2/c16-13-6-4-12(5-7-13)15(18)10-3-11-1-8-14(17)9-2-11/h1-10,17H/b10-3+/i16-2. The molecular weight excluding hydrogens is 337 g/mol. The lowest BCUT2D eigenvalue weighted by molar-refractivity contribution is 0.104. The van der Waals surface area contributed by atoms with Crippen LogP contribution in [0, 0.1) is 3.57 Å². The van der Waals surface area contributed by atoms with E-state index in [1.165, 1.54) is 6.08 Å². The number of benzene rings is 2. The summed E-state index contributed by atoms with van der Waals surface area (Å²) in [6.07, 6.45) is 3.27. The molecule has 0 radical (unpaired) electrons. The van der Waals surface area contributed by atoms with E-state index in [2.05, 4.69) is 22.6 Å². The highest BCUT2D eigenvalue weighted by atomic mass is 125. The highest BCUT2D eigenvalue weighted by Gasteiger charge is 2.00. The molecule has 0 amide bonds. The van der Waals surface area contributed by atoms with Gasteiger partial charge in [-0.25, -0.2) is 0 Å². The fourth-order valence-electron chi connectivity index (χ4n) is 1.47. The fourth-order valence-corrected chi connectivity index (χ4v) is 1.83. The van der Waals surface area contributed by atoms with Gasteiger partial charge in [0, 0.05) is 9.13 Å². The lowest BCUT2D eigenvalue weighted by Crippen LogP contribution is -1.93. The van der Waals surface area contributed by atoms with Gasteiger partial charge in [-0.2, -0.15) is 0 Å². The van der Waals surface area contributed by atoms with Gasteiger partial charge in [0.25, 0.3) is 0 Å². The van der Waals surface area contributed by atoms with Crippen molar-refractivity contribution in [1.29, 1.82) is 0 Å². The third kappa shape index (κ3) is 3.43. The topological polar surface area (TPSA) is 37.3 Å². The summed E-state index contributed by atoms with van der Waals surface area (Å²) in [5.41, 5.74) is 1.55. The Hall–Kier alpha value is -1.62. The van der Waals surface area contributed by atoms with E-state index in [0.717, 1.165) is 9.13 Å². The fraction of sp³-hybridized carbons (Fsp3) is 0. The summed E-state index contributed by atoms with van der Waals surface area (Å²) < 4.78 is 1.10. The number of hydrogen-bond acceptors (Lipinski definition) is 2. The van der Waals surface area contributed by atoms with Crippen LogP contribution in [0.3, 0.4) is 0 Å². The SMILES string of the molecule is O=C(/C=C/c1ccc(O)cc1)c1ccc([125I])cc1. The van der Waals surface area contributed by atoms with E-state index in [9.17, 15) is 4.79 Å². The molecule has 0 atom stereocenters. The molecule has 2 rings (SSSR count). The number of aromatic hydroxyl groups is 1. The van der Waals surface area contributed by atoms with Gasteiger partial charge in [-0.3, -0.25) is 4.79 Å². The van der Waals surface area contributed by atoms with E-state index in [1.807, 2.05) is 24.3 Å². The molecule has 0 saturated carbocycles. The van der Waals surface area contributed by atoms with Gasteiger partial charge in [-0.1, -0.05) is 30.3 Å². The number of allylic oxidation sites excluding steroid dienone is 1. The molecule has 2 nitrogen and oxygen atoms in total. The number of phenols is 1. The minimum Gasteiger partial charge on any atom is -0.508 e. The summed E-state index contributed by atoms with van der Waals surface area (Å²) >= 11 is 2.20. The average Bonchev–Trinajstić information content (AvgIpc) is 2.38. The predicted molar refractivity (Wildman–Crippen MR) is 80.6 cm³/mol. The lowest BCUT2D eigenvalue weighted by Gasteiger charge is -1.96. The van der Waals surface area contributed by atoms with Gasteiger partial charge >= 0.3 is 0 Å². The van der Waals surface area contributed by atoms with Crippen molar-refractivity contribution in [2.24, 2.45) is 0 Å². The van der Waals surface area contributed by atoms with Crippen molar-refractivity contribution < 1.29 is 9.90 Å². The Bertz CT molecular complexity index is 568. The molecule has 0 saturated heterocycles. The van der Waals surface area contributed by atoms with Gasteiger partial charge in [0.15, 0.2) is 5.78 Å². The van der Waals surface area contributed by atoms with Crippen LogP contribution in [0.5, 0.6) is 5.75 Å². The number of rotatable bonds is 3. The van der Waals surface area contributed by atoms with Gasteiger partial charge < -0.3 is 5.11 Å². The molecule has 0 aliphatic rings. The first-order valence-corrected chi connectivity index (χ1v) is 6.50. The van der Waals surface area contributed by atoms with Crippen LogP contribution in [0.15, 0.2) is 54.6 Å². The van der Waals surface area contributed by atoms with E-state index in [0.29, 0.717) is 5.56 Å². The summed E-state index contributed by atoms with van der Waals surface area (Å²) in [4.78, 5) is 11.9. The van der Waals surface area contributed by atoms with Crippen LogP contribution in [0.1, 0.15) is 15.9 Å². The number of ketones is 1. The van der Waals surface area contributed by atoms with Crippen molar-refractivity contribution in [2.75, 3.05) is 0 Å². The zero-order valence-electron chi connectivity index (χ0n) is 9.51. The van der Waals surface area contributed by atoms with E-state index < -0.39 is 0 Å². The summed E-state index contributed by atoms with van der Waals surface area (Å²) in [5.74, 6) is 0.190. The lowest BCUT2D eigenvalue weighted by atomic mass is 10.1. The molecule has 0 aliphatic carbocycles. The molecule has 0 aliphatic heterocycles. The second-order valence-electron chi connectivity index (χ2n) is 3.80. The Morgan fingerprint density at radius 1 is 1.00 bits per heavy atom. The van der Waals surface area contributed by atoms with Crippen molar-refractivity contribution in [3.8, 4) is 5.75 Å². The number of carbonyl (C=O) groups is 1. The van der Waals surface area contributed by atoms with Gasteiger partial charge in [0.05, 0.1) is 0 Å². The van der Waals surface area contributed by atoms with Crippen LogP contribution in [-0.4, -0.2) is 10.9 Å². The molecule has 0 unspecified atom stereocenters. The average molecular weight is 348 g/mol. The molecular formula is C15H11IO2. The van der Waals surface area contributed by atoms with Crippen LogP contribution in [0.2, 0.25) is 0 Å². The summed E-state index contributed by atoms with van der Waals surface area (Å²) in [7, 11) is 0. The highest BCUT2D eigenvalue weighted by Crippen LogP contribution is 2.12. The third-order valence-corrected chi connectivity index (χ3v) is 3.17. The summed E-state index contributed by atoms with van der Waals surface area (Å²) in [6.45, 7) is 0. The molecule has 0 fully saturated rings. The molecule has 90 valence electrons. The van der Waals surface area contributed by atoms with Crippen LogP contribution in [0.25, 0.3) is 6.08 Å². The quantitative estimate of drug-likeness (QED) is 0.519. The Labute approximate surface area is 119 Å². The van der Waals surface area contributed by atoms with Crippen LogP contribution < -0.4 is 0 Å². The number of carbonyl (C=O) groups excluding carboxylic acids is 1. The van der Waals surface area contributed by atoms with Gasteiger partial charge in [-0.05, 0) is 58.5 Å². The monoisotopic (exact) mass is 348 g/mol. The molecule has 0 heterocycles. The molecule has 1 N–H and O–H groups in total. The maximum Gasteiger partial charge on any atom is 0.185 e. The number of halogens is 1. The first-order chi connectivity index (χ1) is 8.65. The van der Waals surface area contributed by atoms with Gasteiger partial charge in [0.1, 0.15) is 5.75 Å². The highest BCUT2D eigenvalue weighted by molar-refractivity contribution is 14.1. The minimum absolute atomic E-state index is 0.0283. The van der Waals surface area contributed by atoms with Crippen LogP contribution in [0.4, 0.5) is 0 Å². The Morgan fingerprint density at radius 3 is 2.22 bits per heavy atom. The largest absolute Gasteiger partial charge is 0.508 e. The smallest absolute Gasteiger partial charge is 0.185 e. The summed E-state index contributed by atoms with van der Waals surface area (Å²) in [6, 6.07) is 14.1. The zero-order chi connectivity index (χ0) is 13.0. The molecule has 3 heteroatoms. The Balaban J connectivity index is 2.11. The van der Waals surface area contributed by atoms with Crippen molar-refractivity contribution in [1.82, 2.24) is 0 Å². The molecule has 0 spiro atoms. The van der Waals surface area contributed by atoms with E-state index in [1.54, 1.807) is 30.3 Å². The minimum atomic E-state index is -0.0283. The maximum absolute atomic E-state index is 11.9. The van der Waals surface area contributed by atoms with Crippen molar-refractivity contribution in [3.05, 3.63) is 69.3 Å². The molecule has 18 heavy (non-hydrogen) atoms. The predicted octanol–water partition coefficient (Wildman–Crippen LogP) is 3.89. The van der Waals surface area contributed by atoms with Crippen LogP contribution >= 0.6 is 22.6 Å². The van der Waals surface area contributed by atoms with Crippen molar-refractivity contribution in [3.63, 3.8) is 0 Å². The van der Waals surface area contributed by atoms with Crippen molar-refractivity contribution in [2.45, 2.75) is 0 Å². The Kier molecular flexibility index (Phi) is 4.15. The normalized spacial score (nSPS) is 10.7. The first kappa shape index (κ1) is 12.8. The number of phenolic OH excluding ortho intramolecular Hbond substituents is 1. The van der Waals surface area contributed by atoms with Gasteiger partial charge in [-0.15, -0.1) is 0 Å². The first-order valence-electron chi connectivity index (χ1n) is 5.42. The van der Waals surface area contributed by atoms with E-state index in [-0.39, 0.29) is 11.5 Å². The summed E-state index contributed by atoms with van der Waals surface area (Å²) in [5, 5.41) is 9.15. The van der Waals surface area contributed by atoms with Gasteiger partial charge in [0.2, 0.25) is 0 Å². The third-order valence-electron chi connectivity index (χ3n) is 2.45. The molecule has 0 aromatic heterocycles. The molecule has 2 aromatic rings. The Morgan fingerprint density at radius 2 is 1.61 bits per heavy atom. The van der Waals surface area contributed by atoms with E-state index in [4.69, 9.17) is 5.11 Å². The van der Waals surface area contributed by atoms with Crippen LogP contribution in [-0.2, 0) is 0 Å².